The molecule has 8 nitrogen and oxygen atoms in total. The average Bonchev–Trinajstić information content (AvgIpc) is 3.54. The molecular weight excluding hydrogens is 508 g/mol. The molecule has 0 unspecified atom stereocenters. The summed E-state index contributed by atoms with van der Waals surface area (Å²) in [6.45, 7) is 0.353. The van der Waals surface area contributed by atoms with Gasteiger partial charge in [0.15, 0.2) is 0 Å². The Morgan fingerprint density at radius 1 is 0.973 bits per heavy atom. The lowest BCUT2D eigenvalue weighted by Gasteiger charge is -2.14. The number of imidazole rings is 1. The summed E-state index contributed by atoms with van der Waals surface area (Å²) in [7, 11) is 0. The topological polar surface area (TPSA) is 93.5 Å². The quantitative estimate of drug-likeness (QED) is 0.229. The van der Waals surface area contributed by atoms with Gasteiger partial charge in [-0.3, -0.25) is 23.9 Å². The molecule has 182 valence electrons. The first kappa shape index (κ1) is 23.1. The van der Waals surface area contributed by atoms with E-state index >= 15 is 0 Å². The number of thioether (sulfide) groups is 1. The van der Waals surface area contributed by atoms with Gasteiger partial charge in [0.2, 0.25) is 0 Å². The van der Waals surface area contributed by atoms with Crippen molar-refractivity contribution in [1.82, 2.24) is 19.8 Å². The van der Waals surface area contributed by atoms with Crippen molar-refractivity contribution in [2.75, 3.05) is 13.2 Å². The van der Waals surface area contributed by atoms with Crippen molar-refractivity contribution in [2.24, 2.45) is 0 Å². The molecule has 1 fully saturated rings. The first-order chi connectivity index (χ1) is 18.0. The Balaban J connectivity index is 1.15. The van der Waals surface area contributed by atoms with Crippen LogP contribution in [0.3, 0.4) is 0 Å². The van der Waals surface area contributed by atoms with Gasteiger partial charge in [-0.05, 0) is 60.2 Å². The molecule has 3 aromatic carbocycles. The zero-order valence-electron chi connectivity index (χ0n) is 19.2. The molecule has 1 N–H and O–H groups in total. The van der Waals surface area contributed by atoms with Gasteiger partial charge in [-0.25, -0.2) is 4.98 Å². The fourth-order valence-electron chi connectivity index (χ4n) is 4.29. The van der Waals surface area contributed by atoms with E-state index in [-0.39, 0.29) is 30.9 Å². The molecule has 3 heterocycles. The summed E-state index contributed by atoms with van der Waals surface area (Å²) in [6, 6.07) is 20.1. The van der Waals surface area contributed by atoms with Crippen molar-refractivity contribution < 1.29 is 19.1 Å². The predicted octanol–water partition coefficient (Wildman–Crippen LogP) is 4.19. The van der Waals surface area contributed by atoms with Gasteiger partial charge in [-0.15, -0.1) is 0 Å². The summed E-state index contributed by atoms with van der Waals surface area (Å²) in [6.07, 6.45) is 3.55. The van der Waals surface area contributed by atoms with E-state index in [9.17, 15) is 14.4 Å². The van der Waals surface area contributed by atoms with E-state index in [0.717, 1.165) is 22.3 Å². The van der Waals surface area contributed by atoms with Gasteiger partial charge >= 0.3 is 0 Å². The number of thiocarbonyl (C=S) groups is 1. The van der Waals surface area contributed by atoms with Crippen LogP contribution in [0.5, 0.6) is 5.75 Å². The van der Waals surface area contributed by atoms with Crippen molar-refractivity contribution in [3.8, 4) is 11.4 Å². The number of nitrogens with zero attached hydrogens (tertiary/aromatic N) is 3. The van der Waals surface area contributed by atoms with Crippen LogP contribution in [0.1, 0.15) is 26.3 Å². The largest absolute Gasteiger partial charge is 0.492 e. The first-order valence-corrected chi connectivity index (χ1v) is 12.6. The number of hydrogen-bond acceptors (Lipinski definition) is 7. The number of benzene rings is 3. The number of rotatable bonds is 6. The first-order valence-electron chi connectivity index (χ1n) is 11.4. The molecule has 0 aliphatic carbocycles. The molecule has 0 saturated carbocycles. The third-order valence-electron chi connectivity index (χ3n) is 6.09. The zero-order valence-corrected chi connectivity index (χ0v) is 20.8. The van der Waals surface area contributed by atoms with Crippen molar-refractivity contribution in [1.29, 1.82) is 0 Å². The summed E-state index contributed by atoms with van der Waals surface area (Å²) in [4.78, 5) is 43.2. The standard InChI is InChI=1S/C27H18N4O4S2/c32-24-23(37-27(36)29-24)14-16-5-10-21-22(13-16)31(15-28-21)17-6-8-18(9-7-17)35-12-11-30-25(33)19-3-1-2-4-20(19)26(30)34/h1-10,13-15H,11-12H2,(H,29,32,36)/b23-14-. The third-order valence-corrected chi connectivity index (χ3v) is 7.25. The molecule has 1 saturated heterocycles. The third kappa shape index (κ3) is 4.30. The lowest BCUT2D eigenvalue weighted by Crippen LogP contribution is -2.33. The lowest BCUT2D eigenvalue weighted by atomic mass is 10.1. The van der Waals surface area contributed by atoms with Crippen LogP contribution in [0.15, 0.2) is 78.0 Å². The van der Waals surface area contributed by atoms with E-state index in [1.807, 2.05) is 47.0 Å². The maximum atomic E-state index is 12.5. The van der Waals surface area contributed by atoms with Crippen molar-refractivity contribution in [3.05, 3.63) is 94.7 Å². The van der Waals surface area contributed by atoms with E-state index in [4.69, 9.17) is 17.0 Å². The van der Waals surface area contributed by atoms with Crippen molar-refractivity contribution in [3.63, 3.8) is 0 Å². The lowest BCUT2D eigenvalue weighted by molar-refractivity contribution is -0.115. The number of aromatic nitrogens is 2. The SMILES string of the molecule is O=C1NC(=S)S/C1=C\c1ccc2ncn(-c3ccc(OCCN4C(=O)c5ccccc5C4=O)cc3)c2c1. The van der Waals surface area contributed by atoms with Gasteiger partial charge in [-0.2, -0.15) is 0 Å². The van der Waals surface area contributed by atoms with Crippen LogP contribution in [-0.4, -0.2) is 49.6 Å². The monoisotopic (exact) mass is 526 g/mol. The molecule has 3 amide bonds. The Hall–Kier alpha value is -4.28. The van der Waals surface area contributed by atoms with Crippen LogP contribution in [0, 0.1) is 0 Å². The van der Waals surface area contributed by atoms with Crippen LogP contribution in [0.2, 0.25) is 0 Å². The summed E-state index contributed by atoms with van der Waals surface area (Å²) >= 11 is 6.31. The van der Waals surface area contributed by atoms with Crippen LogP contribution >= 0.6 is 24.0 Å². The smallest absolute Gasteiger partial charge is 0.263 e. The zero-order chi connectivity index (χ0) is 25.5. The second kappa shape index (κ2) is 9.30. The summed E-state index contributed by atoms with van der Waals surface area (Å²) in [5.41, 5.74) is 4.32. The van der Waals surface area contributed by atoms with E-state index < -0.39 is 0 Å². The van der Waals surface area contributed by atoms with Crippen molar-refractivity contribution in [2.45, 2.75) is 0 Å². The molecule has 2 aliphatic heterocycles. The molecule has 0 atom stereocenters. The number of carbonyl (C=O) groups excluding carboxylic acids is 3. The molecule has 1 aromatic heterocycles. The molecule has 0 bridgehead atoms. The van der Waals surface area contributed by atoms with Gasteiger partial charge in [-0.1, -0.05) is 42.2 Å². The van der Waals surface area contributed by atoms with E-state index in [0.29, 0.717) is 26.1 Å². The molecule has 6 rings (SSSR count). The van der Waals surface area contributed by atoms with Gasteiger partial charge in [0, 0.05) is 5.69 Å². The number of hydrogen-bond donors (Lipinski definition) is 1. The Morgan fingerprint density at radius 2 is 1.70 bits per heavy atom. The minimum atomic E-state index is -0.295. The second-order valence-corrected chi connectivity index (χ2v) is 10.1. The van der Waals surface area contributed by atoms with Crippen LogP contribution in [0.25, 0.3) is 22.8 Å². The van der Waals surface area contributed by atoms with Gasteiger partial charge in [0.25, 0.3) is 17.7 Å². The van der Waals surface area contributed by atoms with Crippen LogP contribution < -0.4 is 10.1 Å². The molecular formula is C27H18N4O4S2. The number of amides is 3. The fraction of sp³-hybridized carbons (Fsp3) is 0.0741. The molecule has 0 radical (unpaired) electrons. The minimum absolute atomic E-state index is 0.166. The van der Waals surface area contributed by atoms with Crippen LogP contribution in [0.4, 0.5) is 0 Å². The number of fused-ring (bicyclic) bond motifs is 2. The highest BCUT2D eigenvalue weighted by atomic mass is 32.2. The van der Waals surface area contributed by atoms with E-state index in [2.05, 4.69) is 10.3 Å². The minimum Gasteiger partial charge on any atom is -0.492 e. The highest BCUT2D eigenvalue weighted by Gasteiger charge is 2.34. The van der Waals surface area contributed by atoms with E-state index in [1.165, 1.54) is 16.7 Å². The Morgan fingerprint density at radius 3 is 2.38 bits per heavy atom. The van der Waals surface area contributed by atoms with Gasteiger partial charge < -0.3 is 10.1 Å². The number of carbonyl (C=O) groups is 3. The number of imide groups is 1. The maximum Gasteiger partial charge on any atom is 0.263 e. The van der Waals surface area contributed by atoms with Crippen LogP contribution in [-0.2, 0) is 4.79 Å². The highest BCUT2D eigenvalue weighted by molar-refractivity contribution is 8.26. The molecule has 2 aliphatic rings. The predicted molar refractivity (Wildman–Crippen MR) is 145 cm³/mol. The normalized spacial score (nSPS) is 16.1. The maximum absolute atomic E-state index is 12.5. The fourth-order valence-corrected chi connectivity index (χ4v) is 5.34. The van der Waals surface area contributed by atoms with E-state index in [1.54, 1.807) is 36.7 Å². The van der Waals surface area contributed by atoms with Gasteiger partial charge in [0.05, 0.1) is 33.6 Å². The summed E-state index contributed by atoms with van der Waals surface area (Å²) in [5, 5.41) is 2.62. The molecule has 10 heteroatoms. The van der Waals surface area contributed by atoms with Crippen molar-refractivity contribution >= 4 is 63.1 Å². The van der Waals surface area contributed by atoms with Gasteiger partial charge in [0.1, 0.15) is 23.0 Å². The molecule has 37 heavy (non-hydrogen) atoms. The Kier molecular flexibility index (Phi) is 5.82. The summed E-state index contributed by atoms with van der Waals surface area (Å²) < 4.78 is 8.21. The Labute approximate surface area is 220 Å². The summed E-state index contributed by atoms with van der Waals surface area (Å²) in [5.74, 6) is -0.162. The molecule has 4 aromatic rings. The Bertz CT molecular complexity index is 1610. The number of nitrogens with one attached hydrogen (secondary N) is 1. The second-order valence-electron chi connectivity index (χ2n) is 8.36. The molecule has 0 spiro atoms. The highest BCUT2D eigenvalue weighted by Crippen LogP contribution is 2.28. The number of ether oxygens (including phenoxy) is 1. The average molecular weight is 527 g/mol.